The van der Waals surface area contributed by atoms with Gasteiger partial charge in [-0.1, -0.05) is 5.10 Å². The van der Waals surface area contributed by atoms with Crippen LogP contribution >= 0.6 is 0 Å². The van der Waals surface area contributed by atoms with Crippen molar-refractivity contribution in [1.82, 2.24) is 15.2 Å². The average molecular weight is 273 g/mol. The Balaban J connectivity index is 1.84. The Kier molecular flexibility index (Phi) is 2.90. The molecule has 20 heavy (non-hydrogen) atoms. The van der Waals surface area contributed by atoms with Crippen molar-refractivity contribution in [3.8, 4) is 11.5 Å². The van der Waals surface area contributed by atoms with Gasteiger partial charge in [0.15, 0.2) is 0 Å². The molecule has 0 spiro atoms. The summed E-state index contributed by atoms with van der Waals surface area (Å²) in [5.41, 5.74) is 5.86. The maximum atomic E-state index is 11.8. The van der Waals surface area contributed by atoms with Crippen LogP contribution in [0.2, 0.25) is 0 Å². The zero-order chi connectivity index (χ0) is 14.1. The lowest BCUT2D eigenvalue weighted by Gasteiger charge is -2.09. The van der Waals surface area contributed by atoms with Crippen LogP contribution in [0.1, 0.15) is 6.42 Å². The molecule has 1 saturated heterocycles. The van der Waals surface area contributed by atoms with Crippen molar-refractivity contribution < 1.29 is 14.0 Å². The van der Waals surface area contributed by atoms with Gasteiger partial charge in [-0.25, -0.2) is 0 Å². The second-order valence-electron chi connectivity index (χ2n) is 4.44. The van der Waals surface area contributed by atoms with E-state index in [1.165, 1.54) is 4.90 Å². The van der Waals surface area contributed by atoms with Gasteiger partial charge in [0, 0.05) is 25.4 Å². The Morgan fingerprint density at radius 2 is 2.30 bits per heavy atom. The minimum Gasteiger partial charge on any atom is -0.403 e. The van der Waals surface area contributed by atoms with E-state index in [9.17, 15) is 9.59 Å². The average Bonchev–Trinajstić information content (AvgIpc) is 3.06. The van der Waals surface area contributed by atoms with E-state index in [1.54, 1.807) is 24.5 Å². The van der Waals surface area contributed by atoms with E-state index < -0.39 is 11.8 Å². The second kappa shape index (κ2) is 4.72. The summed E-state index contributed by atoms with van der Waals surface area (Å²) in [7, 11) is 0. The van der Waals surface area contributed by atoms with E-state index in [1.807, 2.05) is 0 Å². The summed E-state index contributed by atoms with van der Waals surface area (Å²) in [6.07, 6.45) is 3.28. The molecule has 1 atom stereocenters. The predicted octanol–water partition coefficient (Wildman–Crippen LogP) is -0.0302. The third-order valence-electron chi connectivity index (χ3n) is 3.08. The molecule has 102 valence electrons. The van der Waals surface area contributed by atoms with Gasteiger partial charge in [0.2, 0.25) is 11.8 Å². The molecule has 0 bridgehead atoms. The monoisotopic (exact) mass is 273 g/mol. The Bertz CT molecular complexity index is 654. The lowest BCUT2D eigenvalue weighted by molar-refractivity contribution is -0.123. The molecule has 2 aromatic rings. The summed E-state index contributed by atoms with van der Waals surface area (Å²) in [4.78, 5) is 28.2. The molecule has 3 rings (SSSR count). The summed E-state index contributed by atoms with van der Waals surface area (Å²) in [6, 6.07) is 3.57. The van der Waals surface area contributed by atoms with Crippen LogP contribution in [-0.2, 0) is 9.59 Å². The van der Waals surface area contributed by atoms with Crippen LogP contribution in [0.5, 0.6) is 0 Å². The fourth-order valence-electron chi connectivity index (χ4n) is 2.01. The third kappa shape index (κ3) is 2.11. The Hall–Kier alpha value is -2.77. The number of primary amides is 1. The molecule has 8 heteroatoms. The molecule has 3 heterocycles. The van der Waals surface area contributed by atoms with Crippen LogP contribution in [0.4, 0.5) is 6.01 Å². The van der Waals surface area contributed by atoms with Gasteiger partial charge in [-0.2, -0.15) is 0 Å². The Morgan fingerprint density at radius 3 is 2.95 bits per heavy atom. The second-order valence-corrected chi connectivity index (χ2v) is 4.44. The first-order valence-corrected chi connectivity index (χ1v) is 5.98. The molecule has 1 fully saturated rings. The molecular formula is C12H11N5O3. The molecule has 1 unspecified atom stereocenters. The number of pyridine rings is 1. The highest BCUT2D eigenvalue weighted by molar-refractivity contribution is 5.98. The molecule has 0 aliphatic carbocycles. The quantitative estimate of drug-likeness (QED) is 0.839. The third-order valence-corrected chi connectivity index (χ3v) is 3.08. The summed E-state index contributed by atoms with van der Waals surface area (Å²) < 4.78 is 5.44. The number of carbonyl (C=O) groups excluding carboxylic acids is 2. The first-order valence-electron chi connectivity index (χ1n) is 5.98. The lowest BCUT2D eigenvalue weighted by Crippen LogP contribution is -2.28. The minimum atomic E-state index is -0.517. The maximum Gasteiger partial charge on any atom is 0.325 e. The number of anilines is 1. The number of hydrogen-bond acceptors (Lipinski definition) is 6. The molecule has 0 radical (unpaired) electrons. The largest absolute Gasteiger partial charge is 0.403 e. The van der Waals surface area contributed by atoms with Crippen LogP contribution in [0, 0.1) is 5.92 Å². The van der Waals surface area contributed by atoms with Crippen molar-refractivity contribution in [3.63, 3.8) is 0 Å². The van der Waals surface area contributed by atoms with Gasteiger partial charge in [-0.05, 0) is 12.1 Å². The smallest absolute Gasteiger partial charge is 0.325 e. The summed E-state index contributed by atoms with van der Waals surface area (Å²) in [6.45, 7) is 0.169. The van der Waals surface area contributed by atoms with E-state index in [0.29, 0.717) is 5.56 Å². The minimum absolute atomic E-state index is 0.0672. The summed E-state index contributed by atoms with van der Waals surface area (Å²) in [5.74, 6) is -1.01. The number of amides is 2. The van der Waals surface area contributed by atoms with Crippen molar-refractivity contribution in [2.75, 3.05) is 11.4 Å². The zero-order valence-corrected chi connectivity index (χ0v) is 10.4. The van der Waals surface area contributed by atoms with E-state index in [2.05, 4.69) is 15.2 Å². The van der Waals surface area contributed by atoms with Gasteiger partial charge in [-0.15, -0.1) is 5.10 Å². The standard InChI is InChI=1S/C12H11N5O3/c13-10(19)8-4-9(18)17(6-8)12-16-15-11(20-12)7-2-1-3-14-5-7/h1-3,5,8H,4,6H2,(H2,13,19). The molecule has 1 aliphatic heterocycles. The highest BCUT2D eigenvalue weighted by Gasteiger charge is 2.36. The lowest BCUT2D eigenvalue weighted by atomic mass is 10.1. The molecule has 1 aliphatic rings. The number of aromatic nitrogens is 3. The first kappa shape index (κ1) is 12.3. The van der Waals surface area contributed by atoms with Gasteiger partial charge in [0.25, 0.3) is 5.89 Å². The fraction of sp³-hybridized carbons (Fsp3) is 0.250. The number of hydrogen-bond donors (Lipinski definition) is 1. The topological polar surface area (TPSA) is 115 Å². The molecule has 0 saturated carbocycles. The van der Waals surface area contributed by atoms with Gasteiger partial charge < -0.3 is 10.2 Å². The van der Waals surface area contributed by atoms with Crippen LogP contribution < -0.4 is 10.6 Å². The first-order chi connectivity index (χ1) is 9.65. The van der Waals surface area contributed by atoms with E-state index in [0.717, 1.165) is 0 Å². The molecule has 2 amide bonds. The van der Waals surface area contributed by atoms with Gasteiger partial charge in [0.1, 0.15) is 0 Å². The van der Waals surface area contributed by atoms with E-state index in [4.69, 9.17) is 10.2 Å². The highest BCUT2D eigenvalue weighted by Crippen LogP contribution is 2.26. The highest BCUT2D eigenvalue weighted by atomic mass is 16.4. The number of rotatable bonds is 3. The van der Waals surface area contributed by atoms with Crippen LogP contribution in [0.15, 0.2) is 28.9 Å². The van der Waals surface area contributed by atoms with Gasteiger partial charge >= 0.3 is 6.01 Å². The van der Waals surface area contributed by atoms with Gasteiger partial charge in [0.05, 0.1) is 11.5 Å². The Morgan fingerprint density at radius 1 is 1.45 bits per heavy atom. The number of nitrogens with zero attached hydrogens (tertiary/aromatic N) is 4. The van der Waals surface area contributed by atoms with Crippen LogP contribution in [-0.4, -0.2) is 33.5 Å². The zero-order valence-electron chi connectivity index (χ0n) is 10.4. The van der Waals surface area contributed by atoms with Crippen LogP contribution in [0.3, 0.4) is 0 Å². The van der Waals surface area contributed by atoms with Gasteiger partial charge in [-0.3, -0.25) is 19.5 Å². The maximum absolute atomic E-state index is 11.8. The molecule has 0 aromatic carbocycles. The van der Waals surface area contributed by atoms with Crippen molar-refractivity contribution in [2.24, 2.45) is 11.7 Å². The van der Waals surface area contributed by atoms with Crippen molar-refractivity contribution >= 4 is 17.8 Å². The molecular weight excluding hydrogens is 262 g/mol. The SMILES string of the molecule is NC(=O)C1CC(=O)N(c2nnc(-c3cccnc3)o2)C1. The predicted molar refractivity (Wildman–Crippen MR) is 67.2 cm³/mol. The fourth-order valence-corrected chi connectivity index (χ4v) is 2.01. The molecule has 2 N–H and O–H groups in total. The number of nitrogens with two attached hydrogens (primary N) is 1. The van der Waals surface area contributed by atoms with Crippen molar-refractivity contribution in [2.45, 2.75) is 6.42 Å². The van der Waals surface area contributed by atoms with Crippen molar-refractivity contribution in [1.29, 1.82) is 0 Å². The molecule has 8 nitrogen and oxygen atoms in total. The Labute approximate surface area is 113 Å². The summed E-state index contributed by atoms with van der Waals surface area (Å²) >= 11 is 0. The van der Waals surface area contributed by atoms with Crippen molar-refractivity contribution in [3.05, 3.63) is 24.5 Å². The summed E-state index contributed by atoms with van der Waals surface area (Å²) in [5, 5.41) is 7.70. The van der Waals surface area contributed by atoms with E-state index >= 15 is 0 Å². The van der Waals surface area contributed by atoms with Crippen LogP contribution in [0.25, 0.3) is 11.5 Å². The molecule has 2 aromatic heterocycles. The number of carbonyl (C=O) groups is 2. The van der Waals surface area contributed by atoms with E-state index in [-0.39, 0.29) is 30.8 Å². The normalized spacial score (nSPS) is 18.5.